The standard InChI is InChI=1S/C40H53N5O8/c1-30(46)24-42-14-18-44(26-39(49)50)20-16-43(17-21-45(19-15-42)27-40(51)52)25-36(47)13-11-31-6-8-32(9-7-31)28-53-29-38(48)37(41)23-33-10-12-34-4-2-3-5-35(34)22-33/h2-10,12,22,37,46H,1,11,13-21,23-29,41H2,(H,49,50)(H,51,52)/t37-/m1/s1. The summed E-state index contributed by atoms with van der Waals surface area (Å²) in [6.07, 6.45) is 1.29. The fraction of sp³-hybridized carbons (Fsp3) is 0.450. The highest BCUT2D eigenvalue weighted by Crippen LogP contribution is 2.17. The summed E-state index contributed by atoms with van der Waals surface area (Å²) in [5.74, 6) is -2.04. The Hall–Kier alpha value is -4.50. The van der Waals surface area contributed by atoms with Crippen LogP contribution in [0.3, 0.4) is 0 Å². The molecule has 0 saturated carbocycles. The van der Waals surface area contributed by atoms with Gasteiger partial charge < -0.3 is 25.8 Å². The number of carbonyl (C=O) groups excluding carboxylic acids is 2. The number of carbonyl (C=O) groups is 4. The molecule has 1 aliphatic heterocycles. The molecule has 1 aliphatic rings. The number of hydrogen-bond acceptors (Lipinski definition) is 11. The lowest BCUT2D eigenvalue weighted by atomic mass is 10.0. The van der Waals surface area contributed by atoms with E-state index in [2.05, 4.69) is 12.6 Å². The van der Waals surface area contributed by atoms with E-state index >= 15 is 0 Å². The van der Waals surface area contributed by atoms with Crippen molar-refractivity contribution in [3.05, 3.63) is 95.8 Å². The van der Waals surface area contributed by atoms with Gasteiger partial charge in [0.05, 0.1) is 44.6 Å². The Kier molecular flexibility index (Phi) is 16.6. The van der Waals surface area contributed by atoms with Gasteiger partial charge in [-0.3, -0.25) is 38.8 Å². The van der Waals surface area contributed by atoms with Crippen LogP contribution in [0.2, 0.25) is 0 Å². The van der Waals surface area contributed by atoms with Crippen LogP contribution in [-0.2, 0) is 43.4 Å². The highest BCUT2D eigenvalue weighted by molar-refractivity contribution is 5.86. The molecule has 0 radical (unpaired) electrons. The summed E-state index contributed by atoms with van der Waals surface area (Å²) in [4.78, 5) is 56.5. The molecule has 0 spiro atoms. The zero-order chi connectivity index (χ0) is 38.2. The van der Waals surface area contributed by atoms with Crippen molar-refractivity contribution in [1.82, 2.24) is 19.6 Å². The smallest absolute Gasteiger partial charge is 0.317 e. The summed E-state index contributed by atoms with van der Waals surface area (Å²) < 4.78 is 5.68. The summed E-state index contributed by atoms with van der Waals surface area (Å²) >= 11 is 0. The highest BCUT2D eigenvalue weighted by Gasteiger charge is 2.21. The number of carboxylic acid groups (broad SMARTS) is 2. The molecule has 1 atom stereocenters. The number of Topliss-reactive ketones (excluding diaryl/α,β-unsaturated/α-hetero) is 2. The first-order valence-electron chi connectivity index (χ1n) is 18.1. The van der Waals surface area contributed by atoms with Crippen molar-refractivity contribution in [3.63, 3.8) is 0 Å². The number of aryl methyl sites for hydroxylation is 1. The Morgan fingerprint density at radius 1 is 0.660 bits per heavy atom. The minimum absolute atomic E-state index is 0.0143. The van der Waals surface area contributed by atoms with Crippen LogP contribution in [0.25, 0.3) is 10.8 Å². The molecule has 1 fully saturated rings. The molecule has 286 valence electrons. The van der Waals surface area contributed by atoms with E-state index in [1.165, 1.54) is 0 Å². The molecule has 1 saturated heterocycles. The van der Waals surface area contributed by atoms with Gasteiger partial charge in [-0.2, -0.15) is 0 Å². The first-order chi connectivity index (χ1) is 25.4. The van der Waals surface area contributed by atoms with Crippen LogP contribution in [0.4, 0.5) is 0 Å². The molecule has 3 aromatic rings. The minimum atomic E-state index is -0.950. The molecule has 0 bridgehead atoms. The average molecular weight is 732 g/mol. The predicted molar refractivity (Wildman–Crippen MR) is 203 cm³/mol. The van der Waals surface area contributed by atoms with Gasteiger partial charge in [0.15, 0.2) is 5.78 Å². The van der Waals surface area contributed by atoms with Gasteiger partial charge in [-0.05, 0) is 40.3 Å². The van der Waals surface area contributed by atoms with Gasteiger partial charge in [0, 0.05) is 58.8 Å². The zero-order valence-corrected chi connectivity index (χ0v) is 30.4. The molecule has 0 aliphatic carbocycles. The third-order valence-corrected chi connectivity index (χ3v) is 9.37. The molecular formula is C40H53N5O8. The van der Waals surface area contributed by atoms with Crippen LogP contribution in [0, 0.1) is 0 Å². The third-order valence-electron chi connectivity index (χ3n) is 9.37. The molecular weight excluding hydrogens is 678 g/mol. The molecule has 53 heavy (non-hydrogen) atoms. The van der Waals surface area contributed by atoms with Crippen LogP contribution in [0.15, 0.2) is 79.1 Å². The molecule has 1 heterocycles. The Bertz CT molecular complexity index is 1650. The van der Waals surface area contributed by atoms with Gasteiger partial charge in [-0.25, -0.2) is 0 Å². The molecule has 13 heteroatoms. The van der Waals surface area contributed by atoms with Gasteiger partial charge in [0.1, 0.15) is 12.4 Å². The lowest BCUT2D eigenvalue weighted by molar-refractivity contribution is -0.139. The number of nitrogens with two attached hydrogens (primary N) is 1. The van der Waals surface area contributed by atoms with E-state index in [0.717, 1.165) is 27.5 Å². The number of ketones is 2. The van der Waals surface area contributed by atoms with Crippen molar-refractivity contribution < 1.29 is 39.2 Å². The first-order valence-corrected chi connectivity index (χ1v) is 18.1. The van der Waals surface area contributed by atoms with Crippen molar-refractivity contribution in [3.8, 4) is 0 Å². The number of aliphatic hydroxyl groups is 1. The molecule has 5 N–H and O–H groups in total. The Balaban J connectivity index is 1.23. The maximum absolute atomic E-state index is 13.2. The second-order valence-electron chi connectivity index (χ2n) is 13.8. The van der Waals surface area contributed by atoms with Crippen LogP contribution in [0.5, 0.6) is 0 Å². The molecule has 0 amide bonds. The van der Waals surface area contributed by atoms with Crippen molar-refractivity contribution in [2.45, 2.75) is 31.9 Å². The van der Waals surface area contributed by atoms with E-state index < -0.39 is 18.0 Å². The number of aliphatic hydroxyl groups excluding tert-OH is 1. The molecule has 0 aromatic heterocycles. The number of aliphatic carboxylic acids is 2. The lowest BCUT2D eigenvalue weighted by Gasteiger charge is -2.33. The van der Waals surface area contributed by atoms with E-state index in [9.17, 15) is 34.5 Å². The monoisotopic (exact) mass is 731 g/mol. The lowest BCUT2D eigenvalue weighted by Crippen LogP contribution is -2.48. The maximum atomic E-state index is 13.2. The predicted octanol–water partition coefficient (Wildman–Crippen LogP) is 2.46. The normalized spacial score (nSPS) is 16.4. The van der Waals surface area contributed by atoms with Crippen molar-refractivity contribution >= 4 is 34.3 Å². The summed E-state index contributed by atoms with van der Waals surface area (Å²) in [6.45, 7) is 7.32. The van der Waals surface area contributed by atoms with Crippen LogP contribution < -0.4 is 5.73 Å². The zero-order valence-electron chi connectivity index (χ0n) is 30.4. The average Bonchev–Trinajstić information content (AvgIpc) is 3.11. The fourth-order valence-corrected chi connectivity index (χ4v) is 6.38. The molecule has 0 unspecified atom stereocenters. The van der Waals surface area contributed by atoms with E-state index in [-0.39, 0.29) is 56.7 Å². The summed E-state index contributed by atoms with van der Waals surface area (Å²) in [6, 6.07) is 21.2. The van der Waals surface area contributed by atoms with Crippen LogP contribution >= 0.6 is 0 Å². The number of nitrogens with zero attached hydrogens (tertiary/aromatic N) is 4. The highest BCUT2D eigenvalue weighted by atomic mass is 16.5. The van der Waals surface area contributed by atoms with E-state index in [0.29, 0.717) is 71.6 Å². The first kappa shape index (κ1) is 41.3. The number of ether oxygens (including phenoxy) is 1. The summed E-state index contributed by atoms with van der Waals surface area (Å²) in [5.41, 5.74) is 9.08. The number of hydrogen-bond donors (Lipinski definition) is 4. The maximum Gasteiger partial charge on any atom is 0.317 e. The number of benzene rings is 3. The van der Waals surface area contributed by atoms with Gasteiger partial charge in [-0.15, -0.1) is 0 Å². The largest absolute Gasteiger partial charge is 0.512 e. The van der Waals surface area contributed by atoms with Crippen molar-refractivity contribution in [2.24, 2.45) is 5.73 Å². The molecule has 3 aromatic carbocycles. The van der Waals surface area contributed by atoms with Crippen LogP contribution in [-0.4, -0.2) is 150 Å². The van der Waals surface area contributed by atoms with E-state index in [4.69, 9.17) is 10.5 Å². The Morgan fingerprint density at radius 2 is 1.15 bits per heavy atom. The topological polar surface area (TPSA) is 177 Å². The number of carboxylic acids is 2. The third kappa shape index (κ3) is 15.2. The SMILES string of the molecule is C=C(O)CN1CCN(CC(=O)O)CCN(CC(=O)CCc2ccc(COCC(=O)[C@H](N)Cc3ccc4ccccc4c3)cc2)CCN(CC(=O)O)CC1. The van der Waals surface area contributed by atoms with Crippen molar-refractivity contribution in [2.75, 3.05) is 85.1 Å². The van der Waals surface area contributed by atoms with Crippen molar-refractivity contribution in [1.29, 1.82) is 0 Å². The van der Waals surface area contributed by atoms with Crippen LogP contribution in [0.1, 0.15) is 23.1 Å². The Morgan fingerprint density at radius 3 is 1.70 bits per heavy atom. The number of fused-ring (bicyclic) bond motifs is 1. The van der Waals surface area contributed by atoms with Gasteiger partial charge in [0.2, 0.25) is 0 Å². The Labute approximate surface area is 311 Å². The van der Waals surface area contributed by atoms with E-state index in [1.807, 2.05) is 80.3 Å². The second kappa shape index (κ2) is 21.3. The summed E-state index contributed by atoms with van der Waals surface area (Å²) in [5, 5.41) is 31.0. The van der Waals surface area contributed by atoms with Gasteiger partial charge in [-0.1, -0.05) is 73.3 Å². The quantitative estimate of drug-likeness (QED) is 0.141. The number of rotatable bonds is 18. The van der Waals surface area contributed by atoms with Gasteiger partial charge in [0.25, 0.3) is 0 Å². The second-order valence-corrected chi connectivity index (χ2v) is 13.8. The summed E-state index contributed by atoms with van der Waals surface area (Å²) in [7, 11) is 0. The molecule has 4 rings (SSSR count). The fourth-order valence-electron chi connectivity index (χ4n) is 6.38. The molecule has 13 nitrogen and oxygen atoms in total. The van der Waals surface area contributed by atoms with Gasteiger partial charge >= 0.3 is 11.9 Å². The minimum Gasteiger partial charge on any atom is -0.512 e. The van der Waals surface area contributed by atoms with E-state index in [1.54, 1.807) is 0 Å².